The second-order valence-electron chi connectivity index (χ2n) is 3.59. The highest BCUT2D eigenvalue weighted by molar-refractivity contribution is 5.95. The molecular weight excluding hydrogens is 241 g/mol. The Bertz CT molecular complexity index is 511. The summed E-state index contributed by atoms with van der Waals surface area (Å²) in [4.78, 5) is 21.4. The maximum Gasteiger partial charge on any atom is 0.328 e. The van der Waals surface area contributed by atoms with Crippen molar-refractivity contribution in [3.63, 3.8) is 0 Å². The van der Waals surface area contributed by atoms with Gasteiger partial charge < -0.3 is 15.6 Å². The molecule has 1 rings (SSSR count). The van der Waals surface area contributed by atoms with E-state index in [0.29, 0.717) is 5.57 Å². The first-order valence-corrected chi connectivity index (χ1v) is 5.03. The van der Waals surface area contributed by atoms with Crippen LogP contribution >= 0.6 is 0 Å². The third-order valence-corrected chi connectivity index (χ3v) is 2.05. The number of amides is 1. The van der Waals surface area contributed by atoms with Gasteiger partial charge >= 0.3 is 5.97 Å². The van der Waals surface area contributed by atoms with Gasteiger partial charge in [0.25, 0.3) is 5.91 Å². The van der Waals surface area contributed by atoms with Crippen LogP contribution in [-0.4, -0.2) is 23.6 Å². The summed E-state index contributed by atoms with van der Waals surface area (Å²) >= 11 is 0. The van der Waals surface area contributed by atoms with Crippen molar-refractivity contribution in [3.8, 4) is 5.75 Å². The fraction of sp³-hybridized carbons (Fsp3) is 0.167. The predicted octanol–water partition coefficient (Wildman–Crippen LogP) is 1.33. The molecule has 0 unspecified atom stereocenters. The van der Waals surface area contributed by atoms with E-state index in [2.05, 4.69) is 0 Å². The first-order chi connectivity index (χ1) is 8.41. The lowest BCUT2D eigenvalue weighted by molar-refractivity contribution is -0.131. The monoisotopic (exact) mass is 253 g/mol. The average molecular weight is 253 g/mol. The normalized spacial score (nSPS) is 11.1. The van der Waals surface area contributed by atoms with Crippen LogP contribution in [0.4, 0.5) is 4.39 Å². The van der Waals surface area contributed by atoms with Crippen molar-refractivity contribution in [3.05, 3.63) is 41.2 Å². The fourth-order valence-electron chi connectivity index (χ4n) is 1.31. The zero-order chi connectivity index (χ0) is 13.7. The van der Waals surface area contributed by atoms with Crippen LogP contribution < -0.4 is 10.5 Å². The molecule has 0 saturated heterocycles. The number of carbonyl (C=O) groups excluding carboxylic acids is 1. The van der Waals surface area contributed by atoms with E-state index in [0.717, 1.165) is 12.1 Å². The Labute approximate surface area is 103 Å². The SMILES string of the molecule is CC(=CC(=O)O)COc1cccc(F)c1C(N)=O. The van der Waals surface area contributed by atoms with E-state index in [1.54, 1.807) is 0 Å². The van der Waals surface area contributed by atoms with Gasteiger partial charge in [0.1, 0.15) is 23.7 Å². The van der Waals surface area contributed by atoms with E-state index in [-0.39, 0.29) is 17.9 Å². The summed E-state index contributed by atoms with van der Waals surface area (Å²) in [6, 6.07) is 3.84. The third kappa shape index (κ3) is 3.58. The van der Waals surface area contributed by atoms with E-state index < -0.39 is 17.7 Å². The minimum atomic E-state index is -1.11. The van der Waals surface area contributed by atoms with Gasteiger partial charge in [0.05, 0.1) is 0 Å². The molecule has 5 nitrogen and oxygen atoms in total. The maximum atomic E-state index is 13.3. The first-order valence-electron chi connectivity index (χ1n) is 5.03. The van der Waals surface area contributed by atoms with Crippen LogP contribution in [0.1, 0.15) is 17.3 Å². The average Bonchev–Trinajstić information content (AvgIpc) is 2.24. The number of primary amides is 1. The van der Waals surface area contributed by atoms with Gasteiger partial charge in [0.15, 0.2) is 0 Å². The number of carboxylic acids is 1. The van der Waals surface area contributed by atoms with Crippen molar-refractivity contribution in [2.24, 2.45) is 5.73 Å². The van der Waals surface area contributed by atoms with Crippen molar-refractivity contribution in [1.82, 2.24) is 0 Å². The Morgan fingerprint density at radius 1 is 1.50 bits per heavy atom. The number of rotatable bonds is 5. The van der Waals surface area contributed by atoms with Crippen LogP contribution in [0.25, 0.3) is 0 Å². The lowest BCUT2D eigenvalue weighted by atomic mass is 10.2. The number of carbonyl (C=O) groups is 2. The number of benzene rings is 1. The number of carboxylic acid groups (broad SMARTS) is 1. The second-order valence-corrected chi connectivity index (χ2v) is 3.59. The van der Waals surface area contributed by atoms with Gasteiger partial charge in [0, 0.05) is 6.08 Å². The van der Waals surface area contributed by atoms with Crippen molar-refractivity contribution < 1.29 is 23.8 Å². The Balaban J connectivity index is 2.89. The van der Waals surface area contributed by atoms with E-state index >= 15 is 0 Å². The minimum Gasteiger partial charge on any atom is -0.488 e. The van der Waals surface area contributed by atoms with Crippen molar-refractivity contribution in [2.75, 3.05) is 6.61 Å². The van der Waals surface area contributed by atoms with Gasteiger partial charge in [-0.15, -0.1) is 0 Å². The summed E-state index contributed by atoms with van der Waals surface area (Å²) in [6.07, 6.45) is 0.962. The molecule has 1 amide bonds. The zero-order valence-electron chi connectivity index (χ0n) is 9.64. The molecule has 0 bridgehead atoms. The molecule has 96 valence electrons. The van der Waals surface area contributed by atoms with E-state index in [1.807, 2.05) is 0 Å². The lowest BCUT2D eigenvalue weighted by Gasteiger charge is -2.10. The van der Waals surface area contributed by atoms with Gasteiger partial charge in [-0.2, -0.15) is 0 Å². The van der Waals surface area contributed by atoms with Crippen molar-refractivity contribution in [1.29, 1.82) is 0 Å². The summed E-state index contributed by atoms with van der Waals surface area (Å²) in [6.45, 7) is 1.47. The highest BCUT2D eigenvalue weighted by Gasteiger charge is 2.14. The van der Waals surface area contributed by atoms with Crippen LogP contribution in [0.3, 0.4) is 0 Å². The van der Waals surface area contributed by atoms with Crippen LogP contribution in [0.2, 0.25) is 0 Å². The summed E-state index contributed by atoms with van der Waals surface area (Å²) in [5, 5.41) is 8.50. The molecule has 0 atom stereocenters. The van der Waals surface area contributed by atoms with Crippen LogP contribution in [0.15, 0.2) is 29.8 Å². The topological polar surface area (TPSA) is 89.6 Å². The maximum absolute atomic E-state index is 13.3. The molecule has 0 aromatic heterocycles. The lowest BCUT2D eigenvalue weighted by Crippen LogP contribution is -2.15. The van der Waals surface area contributed by atoms with Gasteiger partial charge in [0.2, 0.25) is 0 Å². The van der Waals surface area contributed by atoms with E-state index in [9.17, 15) is 14.0 Å². The summed E-state index contributed by atoms with van der Waals surface area (Å²) in [7, 11) is 0. The van der Waals surface area contributed by atoms with Crippen LogP contribution in [0.5, 0.6) is 5.75 Å². The van der Waals surface area contributed by atoms with Gasteiger partial charge in [-0.3, -0.25) is 4.79 Å². The van der Waals surface area contributed by atoms with E-state index in [4.69, 9.17) is 15.6 Å². The molecule has 3 N–H and O–H groups in total. The molecule has 1 aromatic carbocycles. The fourth-order valence-corrected chi connectivity index (χ4v) is 1.31. The van der Waals surface area contributed by atoms with Crippen molar-refractivity contribution >= 4 is 11.9 Å². The molecule has 0 fully saturated rings. The van der Waals surface area contributed by atoms with E-state index in [1.165, 1.54) is 19.1 Å². The molecule has 0 aliphatic heterocycles. The van der Waals surface area contributed by atoms with Crippen LogP contribution in [0, 0.1) is 5.82 Å². The minimum absolute atomic E-state index is 0.0133. The summed E-state index contributed by atoms with van der Waals surface area (Å²) < 4.78 is 18.5. The molecule has 0 aliphatic carbocycles. The molecule has 0 spiro atoms. The molecule has 18 heavy (non-hydrogen) atoms. The summed E-state index contributed by atoms with van der Waals surface area (Å²) in [5.74, 6) is -2.84. The second kappa shape index (κ2) is 5.81. The Kier molecular flexibility index (Phi) is 4.42. The molecule has 0 radical (unpaired) electrons. The predicted molar refractivity (Wildman–Crippen MR) is 61.8 cm³/mol. The molecule has 0 saturated carbocycles. The molecule has 1 aromatic rings. The molecule has 0 aliphatic rings. The number of halogens is 1. The number of aliphatic carboxylic acids is 1. The first kappa shape index (κ1) is 13.7. The number of nitrogens with two attached hydrogens (primary N) is 1. The Morgan fingerprint density at radius 3 is 2.72 bits per heavy atom. The Morgan fingerprint density at radius 2 is 2.17 bits per heavy atom. The van der Waals surface area contributed by atoms with Gasteiger partial charge in [-0.25, -0.2) is 9.18 Å². The highest BCUT2D eigenvalue weighted by atomic mass is 19.1. The molecule has 0 heterocycles. The highest BCUT2D eigenvalue weighted by Crippen LogP contribution is 2.21. The number of hydrogen-bond donors (Lipinski definition) is 2. The van der Waals surface area contributed by atoms with Gasteiger partial charge in [-0.1, -0.05) is 6.07 Å². The van der Waals surface area contributed by atoms with Crippen LogP contribution in [-0.2, 0) is 4.79 Å². The van der Waals surface area contributed by atoms with Crippen molar-refractivity contribution in [2.45, 2.75) is 6.92 Å². The largest absolute Gasteiger partial charge is 0.488 e. The third-order valence-electron chi connectivity index (χ3n) is 2.05. The Hall–Kier alpha value is -2.37. The standard InChI is InChI=1S/C12H12FNO4/c1-7(5-10(15)16)6-18-9-4-2-3-8(13)11(9)12(14)17/h2-5H,6H2,1H3,(H2,14,17)(H,15,16). The number of ether oxygens (including phenoxy) is 1. The molecule has 6 heteroatoms. The summed E-state index contributed by atoms with van der Waals surface area (Å²) in [5.41, 5.74) is 5.11. The zero-order valence-corrected chi connectivity index (χ0v) is 9.64. The number of hydrogen-bond acceptors (Lipinski definition) is 3. The van der Waals surface area contributed by atoms with Gasteiger partial charge in [-0.05, 0) is 24.6 Å². The molecular formula is C12H12FNO4. The quantitative estimate of drug-likeness (QED) is 0.775. The smallest absolute Gasteiger partial charge is 0.328 e.